The molecule has 0 atom stereocenters. The maximum Gasteiger partial charge on any atom is 0.165 e. The minimum absolute atomic E-state index is 0.0167. The van der Waals surface area contributed by atoms with Crippen molar-refractivity contribution in [3.8, 4) is 11.1 Å². The monoisotopic (exact) mass is 337 g/mol. The largest absolute Gasteiger partial charge is 0.378 e. The Morgan fingerprint density at radius 1 is 1.04 bits per heavy atom. The van der Waals surface area contributed by atoms with Gasteiger partial charge in [-0.25, -0.2) is 0 Å². The fourth-order valence-electron chi connectivity index (χ4n) is 3.37. The Hall–Kier alpha value is -2.00. The van der Waals surface area contributed by atoms with Crippen molar-refractivity contribution in [2.45, 2.75) is 26.2 Å². The molecule has 2 aromatic carbocycles. The Labute approximate surface area is 149 Å². The second kappa shape index (κ2) is 5.82. The summed E-state index contributed by atoms with van der Waals surface area (Å²) in [4.78, 5) is 14.1. The van der Waals surface area contributed by atoms with Gasteiger partial charge in [0, 0.05) is 30.1 Å². The van der Waals surface area contributed by atoms with E-state index >= 15 is 0 Å². The van der Waals surface area contributed by atoms with Crippen LogP contribution < -0.4 is 4.90 Å². The van der Waals surface area contributed by atoms with Crippen LogP contribution in [0.25, 0.3) is 17.2 Å². The molecular weight excluding hydrogens is 314 g/mol. The van der Waals surface area contributed by atoms with Crippen LogP contribution in [0, 0.1) is 0 Å². The second-order valence-electron chi connectivity index (χ2n) is 7.14. The van der Waals surface area contributed by atoms with Crippen molar-refractivity contribution in [1.29, 1.82) is 0 Å². The molecule has 3 rings (SSSR count). The number of thiol groups is 1. The van der Waals surface area contributed by atoms with Crippen molar-refractivity contribution < 1.29 is 4.79 Å². The van der Waals surface area contributed by atoms with Crippen LogP contribution in [0.15, 0.2) is 41.3 Å². The maximum atomic E-state index is 11.4. The van der Waals surface area contributed by atoms with Crippen molar-refractivity contribution in [3.05, 3.63) is 58.0 Å². The molecule has 0 heterocycles. The molecular formula is C21H23NOS. The second-order valence-corrected chi connectivity index (χ2v) is 7.62. The maximum absolute atomic E-state index is 11.4. The number of ketones is 1. The number of benzene rings is 2. The molecule has 124 valence electrons. The van der Waals surface area contributed by atoms with E-state index in [1.807, 2.05) is 6.08 Å². The molecule has 0 saturated carbocycles. The summed E-state index contributed by atoms with van der Waals surface area (Å²) in [6, 6.07) is 13.1. The summed E-state index contributed by atoms with van der Waals surface area (Å²) in [5, 5.41) is 0. The number of carbonyl (C=O) groups is 1. The third kappa shape index (κ3) is 2.67. The van der Waals surface area contributed by atoms with Crippen molar-refractivity contribution in [1.82, 2.24) is 0 Å². The molecule has 0 aliphatic heterocycles. The number of nitrogens with zero attached hydrogens (tertiary/aromatic N) is 1. The van der Waals surface area contributed by atoms with E-state index in [1.54, 1.807) is 0 Å². The van der Waals surface area contributed by atoms with Gasteiger partial charge in [-0.15, -0.1) is 12.6 Å². The molecule has 0 saturated heterocycles. The van der Waals surface area contributed by atoms with E-state index in [0.29, 0.717) is 4.91 Å². The zero-order valence-electron chi connectivity index (χ0n) is 14.8. The molecule has 24 heavy (non-hydrogen) atoms. The van der Waals surface area contributed by atoms with Crippen LogP contribution in [-0.2, 0) is 10.2 Å². The Bertz CT molecular complexity index is 862. The smallest absolute Gasteiger partial charge is 0.165 e. The molecule has 0 spiro atoms. The van der Waals surface area contributed by atoms with E-state index in [2.05, 4.69) is 81.9 Å². The van der Waals surface area contributed by atoms with Crippen LogP contribution in [0.1, 0.15) is 37.5 Å². The van der Waals surface area contributed by atoms with Gasteiger partial charge in [0.1, 0.15) is 0 Å². The molecule has 0 bridgehead atoms. The van der Waals surface area contributed by atoms with Crippen LogP contribution in [0.5, 0.6) is 0 Å². The highest BCUT2D eigenvalue weighted by Gasteiger charge is 2.35. The molecule has 3 heteroatoms. The van der Waals surface area contributed by atoms with Crippen LogP contribution >= 0.6 is 12.6 Å². The van der Waals surface area contributed by atoms with Gasteiger partial charge in [-0.05, 0) is 52.9 Å². The molecule has 0 aromatic heterocycles. The van der Waals surface area contributed by atoms with Gasteiger partial charge in [0.05, 0.1) is 0 Å². The minimum atomic E-state index is -0.0620. The first-order chi connectivity index (χ1) is 11.2. The van der Waals surface area contributed by atoms with Gasteiger partial charge in [0.25, 0.3) is 0 Å². The van der Waals surface area contributed by atoms with Crippen LogP contribution in [-0.4, -0.2) is 19.9 Å². The number of rotatable bonds is 3. The van der Waals surface area contributed by atoms with E-state index in [0.717, 1.165) is 5.56 Å². The predicted molar refractivity (Wildman–Crippen MR) is 106 cm³/mol. The van der Waals surface area contributed by atoms with Gasteiger partial charge in [0.2, 0.25) is 0 Å². The van der Waals surface area contributed by atoms with Gasteiger partial charge < -0.3 is 4.90 Å². The lowest BCUT2D eigenvalue weighted by atomic mass is 9.82. The molecule has 1 aliphatic carbocycles. The lowest BCUT2D eigenvalue weighted by Gasteiger charge is -2.23. The number of allylic oxidation sites excluding steroid dienone is 1. The Morgan fingerprint density at radius 2 is 1.62 bits per heavy atom. The average molecular weight is 337 g/mol. The van der Waals surface area contributed by atoms with Crippen molar-refractivity contribution in [2.75, 3.05) is 19.0 Å². The third-order valence-corrected chi connectivity index (χ3v) is 5.31. The Kier molecular flexibility index (Phi) is 4.08. The van der Waals surface area contributed by atoms with Crippen LogP contribution in [0.4, 0.5) is 5.69 Å². The Balaban J connectivity index is 2.14. The van der Waals surface area contributed by atoms with E-state index in [-0.39, 0.29) is 11.2 Å². The lowest BCUT2D eigenvalue weighted by Crippen LogP contribution is -2.16. The normalized spacial score (nSPS) is 15.0. The summed E-state index contributed by atoms with van der Waals surface area (Å²) in [5.41, 5.74) is 7.39. The molecule has 2 aromatic rings. The van der Waals surface area contributed by atoms with Crippen molar-refractivity contribution in [3.63, 3.8) is 0 Å². The SMILES string of the molecule is CC(=O)/C(S)=C/c1ccc2c(c1)C(C)(C)c1cc(N(C)C)ccc1-2. The van der Waals surface area contributed by atoms with E-state index < -0.39 is 0 Å². The van der Waals surface area contributed by atoms with Crippen molar-refractivity contribution >= 4 is 30.2 Å². The van der Waals surface area contributed by atoms with Crippen molar-refractivity contribution in [2.24, 2.45) is 0 Å². The summed E-state index contributed by atoms with van der Waals surface area (Å²) < 4.78 is 0. The molecule has 0 unspecified atom stereocenters. The average Bonchev–Trinajstić information content (AvgIpc) is 2.75. The highest BCUT2D eigenvalue weighted by molar-refractivity contribution is 7.85. The van der Waals surface area contributed by atoms with Gasteiger partial charge in [0.15, 0.2) is 5.78 Å². The standard InChI is InChI=1S/C21H23NOS/c1-13(23)20(24)11-14-6-8-16-17-9-7-15(22(4)5)12-19(17)21(2,3)18(16)10-14/h6-12,24H,1-5H3/b20-11-. The number of hydrogen-bond donors (Lipinski definition) is 1. The summed E-state index contributed by atoms with van der Waals surface area (Å²) in [7, 11) is 4.13. The Morgan fingerprint density at radius 3 is 2.21 bits per heavy atom. The molecule has 2 nitrogen and oxygen atoms in total. The molecule has 1 aliphatic rings. The number of Topliss-reactive ketones (excluding diaryl/α,β-unsaturated/α-hetero) is 1. The zero-order chi connectivity index (χ0) is 17.6. The van der Waals surface area contributed by atoms with Gasteiger partial charge in [-0.1, -0.05) is 38.1 Å². The first-order valence-corrected chi connectivity index (χ1v) is 8.55. The summed E-state index contributed by atoms with van der Waals surface area (Å²) in [5.74, 6) is -0.0167. The molecule has 0 radical (unpaired) electrons. The van der Waals surface area contributed by atoms with Gasteiger partial charge in [-0.2, -0.15) is 0 Å². The highest BCUT2D eigenvalue weighted by atomic mass is 32.1. The topological polar surface area (TPSA) is 20.3 Å². The molecule has 0 fully saturated rings. The zero-order valence-corrected chi connectivity index (χ0v) is 15.7. The fourth-order valence-corrected chi connectivity index (χ4v) is 3.52. The lowest BCUT2D eigenvalue weighted by molar-refractivity contribution is -0.112. The van der Waals surface area contributed by atoms with E-state index in [1.165, 1.54) is 34.9 Å². The van der Waals surface area contributed by atoms with Gasteiger partial charge in [-0.3, -0.25) is 4.79 Å². The third-order valence-electron chi connectivity index (χ3n) is 4.86. The fraction of sp³-hybridized carbons (Fsp3) is 0.286. The summed E-state index contributed by atoms with van der Waals surface area (Å²) in [6.07, 6.45) is 1.84. The van der Waals surface area contributed by atoms with E-state index in [4.69, 9.17) is 0 Å². The number of fused-ring (bicyclic) bond motifs is 3. The number of anilines is 1. The minimum Gasteiger partial charge on any atom is -0.378 e. The van der Waals surface area contributed by atoms with Crippen LogP contribution in [0.3, 0.4) is 0 Å². The summed E-state index contributed by atoms with van der Waals surface area (Å²) in [6.45, 7) is 6.06. The first-order valence-electron chi connectivity index (χ1n) is 8.10. The molecule has 0 N–H and O–H groups in total. The quantitative estimate of drug-likeness (QED) is 0.634. The summed E-state index contributed by atoms with van der Waals surface area (Å²) >= 11 is 4.28. The highest BCUT2D eigenvalue weighted by Crippen LogP contribution is 2.49. The van der Waals surface area contributed by atoms with E-state index in [9.17, 15) is 4.79 Å². The number of carbonyl (C=O) groups excluding carboxylic acids is 1. The molecule has 0 amide bonds. The van der Waals surface area contributed by atoms with Crippen LogP contribution in [0.2, 0.25) is 0 Å². The number of hydrogen-bond acceptors (Lipinski definition) is 3. The van der Waals surface area contributed by atoms with Gasteiger partial charge >= 0.3 is 0 Å². The first kappa shape index (κ1) is 16.8. The predicted octanol–water partition coefficient (Wildman–Crippen LogP) is 4.92.